The molecule has 0 saturated heterocycles. The number of ether oxygens (including phenoxy) is 1. The molecule has 0 heterocycles. The molecule has 0 radical (unpaired) electrons. The van der Waals surface area contributed by atoms with Gasteiger partial charge in [0.15, 0.2) is 0 Å². The first kappa shape index (κ1) is 22.9. The molecule has 3 rings (SSSR count). The number of amides is 2. The van der Waals surface area contributed by atoms with Crippen LogP contribution in [0.25, 0.3) is 11.1 Å². The van der Waals surface area contributed by atoms with E-state index in [1.54, 1.807) is 0 Å². The normalized spacial score (nSPS) is 11.5. The van der Waals surface area contributed by atoms with Crippen LogP contribution in [0, 0.1) is 11.8 Å². The summed E-state index contributed by atoms with van der Waals surface area (Å²) in [5.41, 5.74) is 4.57. The third kappa shape index (κ3) is 5.67. The van der Waals surface area contributed by atoms with E-state index in [2.05, 4.69) is 29.3 Å². The molecule has 0 fully saturated rings. The van der Waals surface area contributed by atoms with E-state index in [1.165, 1.54) is 4.90 Å². The smallest absolute Gasteiger partial charge is 0.407 e. The number of rotatable bonds is 8. The molecule has 1 aliphatic rings. The number of hydrogen-bond acceptors (Lipinski definition) is 4. The minimum Gasteiger partial charge on any atom is -0.481 e. The van der Waals surface area contributed by atoms with Crippen molar-refractivity contribution in [2.75, 3.05) is 26.2 Å². The maximum absolute atomic E-state index is 12.1. The lowest BCUT2D eigenvalue weighted by Crippen LogP contribution is -2.33. The van der Waals surface area contributed by atoms with Crippen molar-refractivity contribution >= 4 is 18.0 Å². The number of carboxylic acid groups (broad SMARTS) is 1. The molecular formula is C25H26N2O5. The number of carbonyl (C=O) groups excluding carboxylic acids is 2. The van der Waals surface area contributed by atoms with Crippen LogP contribution in [0.1, 0.15) is 36.8 Å². The molecule has 7 nitrogen and oxygen atoms in total. The van der Waals surface area contributed by atoms with E-state index in [0.717, 1.165) is 22.3 Å². The molecule has 2 N–H and O–H groups in total. The van der Waals surface area contributed by atoms with Gasteiger partial charge in [-0.15, -0.1) is 0 Å². The van der Waals surface area contributed by atoms with Crippen LogP contribution >= 0.6 is 0 Å². The lowest BCUT2D eigenvalue weighted by molar-refractivity contribution is -0.137. The zero-order valence-corrected chi connectivity index (χ0v) is 18.0. The summed E-state index contributed by atoms with van der Waals surface area (Å²) < 4.78 is 5.42. The van der Waals surface area contributed by atoms with Crippen LogP contribution in [-0.4, -0.2) is 54.2 Å². The zero-order chi connectivity index (χ0) is 22.9. The lowest BCUT2D eigenvalue weighted by atomic mass is 9.98. The van der Waals surface area contributed by atoms with Crippen LogP contribution in [-0.2, 0) is 14.3 Å². The summed E-state index contributed by atoms with van der Waals surface area (Å²) in [7, 11) is 0. The Labute approximate surface area is 187 Å². The number of fused-ring (bicyclic) bond motifs is 3. The van der Waals surface area contributed by atoms with Crippen molar-refractivity contribution in [3.63, 3.8) is 0 Å². The van der Waals surface area contributed by atoms with Crippen LogP contribution in [0.3, 0.4) is 0 Å². The van der Waals surface area contributed by atoms with Crippen molar-refractivity contribution in [2.24, 2.45) is 0 Å². The second-order valence-electron chi connectivity index (χ2n) is 7.42. The molecular weight excluding hydrogens is 408 g/mol. The highest BCUT2D eigenvalue weighted by atomic mass is 16.5. The second-order valence-corrected chi connectivity index (χ2v) is 7.42. The zero-order valence-electron chi connectivity index (χ0n) is 18.0. The van der Waals surface area contributed by atoms with Gasteiger partial charge < -0.3 is 20.1 Å². The number of alkyl carbamates (subject to hydrolysis) is 1. The van der Waals surface area contributed by atoms with Gasteiger partial charge in [0.1, 0.15) is 6.61 Å². The van der Waals surface area contributed by atoms with Crippen LogP contribution < -0.4 is 5.32 Å². The van der Waals surface area contributed by atoms with Crippen LogP contribution in [0.2, 0.25) is 0 Å². The van der Waals surface area contributed by atoms with Gasteiger partial charge in [0, 0.05) is 19.0 Å². The van der Waals surface area contributed by atoms with Crippen molar-refractivity contribution < 1.29 is 24.2 Å². The largest absolute Gasteiger partial charge is 0.481 e. The molecule has 0 atom stereocenters. The lowest BCUT2D eigenvalue weighted by Gasteiger charge is -2.18. The number of benzene rings is 2. The maximum atomic E-state index is 12.1. The Balaban J connectivity index is 1.50. The molecule has 0 bridgehead atoms. The van der Waals surface area contributed by atoms with Crippen molar-refractivity contribution in [1.82, 2.24) is 10.2 Å². The molecule has 0 aliphatic heterocycles. The Hall–Kier alpha value is -3.79. The fraction of sp³-hybridized carbons (Fsp3) is 0.320. The quantitative estimate of drug-likeness (QED) is 0.622. The van der Waals surface area contributed by atoms with Gasteiger partial charge in [-0.2, -0.15) is 0 Å². The molecule has 32 heavy (non-hydrogen) atoms. The maximum Gasteiger partial charge on any atom is 0.407 e. The van der Waals surface area contributed by atoms with Gasteiger partial charge in [0.2, 0.25) is 0 Å². The van der Waals surface area contributed by atoms with Crippen molar-refractivity contribution in [3.05, 3.63) is 59.7 Å². The third-order valence-corrected chi connectivity index (χ3v) is 5.24. The predicted octanol–water partition coefficient (Wildman–Crippen LogP) is 3.24. The second kappa shape index (κ2) is 11.0. The van der Waals surface area contributed by atoms with E-state index in [0.29, 0.717) is 13.0 Å². The van der Waals surface area contributed by atoms with Crippen molar-refractivity contribution in [2.45, 2.75) is 25.7 Å². The molecule has 166 valence electrons. The van der Waals surface area contributed by atoms with Gasteiger partial charge in [0.05, 0.1) is 13.0 Å². The van der Waals surface area contributed by atoms with E-state index in [4.69, 9.17) is 9.84 Å². The number of nitrogens with one attached hydrogen (secondary N) is 1. The summed E-state index contributed by atoms with van der Waals surface area (Å²) in [6.07, 6.45) is -0.0406. The third-order valence-electron chi connectivity index (χ3n) is 5.24. The summed E-state index contributed by atoms with van der Waals surface area (Å²) in [5.74, 6) is 3.59. The van der Waals surface area contributed by atoms with Gasteiger partial charge in [0.25, 0.3) is 5.91 Å². The first-order chi connectivity index (χ1) is 15.5. The fourth-order valence-corrected chi connectivity index (χ4v) is 3.78. The predicted molar refractivity (Wildman–Crippen MR) is 120 cm³/mol. The van der Waals surface area contributed by atoms with E-state index < -0.39 is 18.0 Å². The Morgan fingerprint density at radius 1 is 1.03 bits per heavy atom. The number of nitrogens with zero attached hydrogens (tertiary/aromatic N) is 1. The molecule has 1 aliphatic carbocycles. The first-order valence-corrected chi connectivity index (χ1v) is 10.6. The molecule has 0 saturated carbocycles. The molecule has 0 unspecified atom stereocenters. The van der Waals surface area contributed by atoms with Gasteiger partial charge in [-0.05, 0) is 34.6 Å². The average Bonchev–Trinajstić information content (AvgIpc) is 3.11. The van der Waals surface area contributed by atoms with Crippen LogP contribution in [0.5, 0.6) is 0 Å². The Morgan fingerprint density at radius 3 is 2.25 bits per heavy atom. The Morgan fingerprint density at radius 2 is 1.66 bits per heavy atom. The SMILES string of the molecule is CCCN(CCC(=O)O)C(=O)C#CCNC(=O)OCC1c2ccccc2-c2ccccc21. The minimum atomic E-state index is -0.969. The minimum absolute atomic E-state index is 0.0300. The number of carbonyl (C=O) groups is 3. The average molecular weight is 434 g/mol. The van der Waals surface area contributed by atoms with Gasteiger partial charge in [-0.25, -0.2) is 4.79 Å². The van der Waals surface area contributed by atoms with E-state index in [-0.39, 0.29) is 32.0 Å². The van der Waals surface area contributed by atoms with E-state index >= 15 is 0 Å². The highest BCUT2D eigenvalue weighted by Crippen LogP contribution is 2.44. The molecule has 2 amide bonds. The van der Waals surface area contributed by atoms with Gasteiger partial charge in [-0.3, -0.25) is 9.59 Å². The highest BCUT2D eigenvalue weighted by Gasteiger charge is 2.28. The standard InChI is InChI=1S/C25H26N2O5/c1-2-15-27(16-13-24(29)30)23(28)12-7-14-26-25(31)32-17-22-20-10-5-3-8-18(20)19-9-4-6-11-21(19)22/h3-6,8-11,22H,2,13-17H2,1H3,(H,26,31)(H,29,30). The summed E-state index contributed by atoms with van der Waals surface area (Å²) in [6.45, 7) is 2.59. The molecule has 0 spiro atoms. The topological polar surface area (TPSA) is 95.9 Å². The summed E-state index contributed by atoms with van der Waals surface area (Å²) >= 11 is 0. The fourth-order valence-electron chi connectivity index (χ4n) is 3.78. The summed E-state index contributed by atoms with van der Waals surface area (Å²) in [5, 5.41) is 11.3. The number of aliphatic carboxylic acids is 1. The van der Waals surface area contributed by atoms with E-state index in [9.17, 15) is 14.4 Å². The van der Waals surface area contributed by atoms with Gasteiger partial charge in [-0.1, -0.05) is 61.4 Å². The molecule has 2 aromatic carbocycles. The molecule has 0 aromatic heterocycles. The van der Waals surface area contributed by atoms with Gasteiger partial charge >= 0.3 is 12.1 Å². The first-order valence-electron chi connectivity index (χ1n) is 10.6. The molecule has 7 heteroatoms. The summed E-state index contributed by atoms with van der Waals surface area (Å²) in [6, 6.07) is 16.2. The van der Waals surface area contributed by atoms with E-state index in [1.807, 2.05) is 43.3 Å². The number of hydrogen-bond donors (Lipinski definition) is 2. The molecule has 2 aromatic rings. The van der Waals surface area contributed by atoms with Crippen LogP contribution in [0.4, 0.5) is 4.79 Å². The monoisotopic (exact) mass is 434 g/mol. The van der Waals surface area contributed by atoms with Crippen LogP contribution in [0.15, 0.2) is 48.5 Å². The Bertz CT molecular complexity index is 1010. The summed E-state index contributed by atoms with van der Waals surface area (Å²) in [4.78, 5) is 36.4. The number of carboxylic acids is 1. The van der Waals surface area contributed by atoms with Crippen molar-refractivity contribution in [1.29, 1.82) is 0 Å². The van der Waals surface area contributed by atoms with Crippen molar-refractivity contribution in [3.8, 4) is 23.0 Å². The Kier molecular flexibility index (Phi) is 7.87. The highest BCUT2D eigenvalue weighted by molar-refractivity contribution is 5.93.